The average molecular weight is 259 g/mol. The van der Waals surface area contributed by atoms with Crippen LogP contribution < -0.4 is 0 Å². The number of hydrogen-bond donors (Lipinski definition) is 0. The zero-order valence-electron chi connectivity index (χ0n) is 11.2. The molecule has 0 amide bonds. The molecular formula is C16H18FNO. The van der Waals surface area contributed by atoms with E-state index in [0.717, 1.165) is 31.5 Å². The second kappa shape index (κ2) is 4.48. The van der Waals surface area contributed by atoms with Crippen LogP contribution in [0.3, 0.4) is 0 Å². The summed E-state index contributed by atoms with van der Waals surface area (Å²) in [5.74, 6) is -0.0502. The second-order valence-corrected chi connectivity index (χ2v) is 5.58. The second-order valence-electron chi connectivity index (χ2n) is 5.58. The Morgan fingerprint density at radius 2 is 1.79 bits per heavy atom. The van der Waals surface area contributed by atoms with Gasteiger partial charge in [-0.1, -0.05) is 30.3 Å². The van der Waals surface area contributed by atoms with Crippen molar-refractivity contribution in [2.45, 2.75) is 31.9 Å². The summed E-state index contributed by atoms with van der Waals surface area (Å²) in [6, 6.07) is 9.47. The molecule has 1 atom stereocenters. The largest absolute Gasteiger partial charge is 0.368 e. The fourth-order valence-electron chi connectivity index (χ4n) is 3.18. The van der Waals surface area contributed by atoms with Gasteiger partial charge in [0.1, 0.15) is 5.67 Å². The number of carbonyl (C=O) groups excluding carboxylic acids is 1. The molecule has 0 bridgehead atoms. The van der Waals surface area contributed by atoms with Gasteiger partial charge in [0.15, 0.2) is 5.78 Å². The van der Waals surface area contributed by atoms with Crippen molar-refractivity contribution in [1.82, 2.24) is 4.90 Å². The van der Waals surface area contributed by atoms with Gasteiger partial charge in [-0.2, -0.15) is 0 Å². The molecule has 3 rings (SSSR count). The molecule has 1 aromatic carbocycles. The molecule has 1 unspecified atom stereocenters. The molecule has 0 saturated carbocycles. The summed E-state index contributed by atoms with van der Waals surface area (Å²) in [5.41, 5.74) is 0.491. The highest BCUT2D eigenvalue weighted by atomic mass is 19.1. The van der Waals surface area contributed by atoms with Crippen LogP contribution in [0.15, 0.2) is 36.0 Å². The lowest BCUT2D eigenvalue weighted by molar-refractivity contribution is -0.117. The first-order valence-corrected chi connectivity index (χ1v) is 6.87. The Kier molecular flexibility index (Phi) is 2.92. The maximum Gasteiger partial charge on any atom is 0.182 e. The van der Waals surface area contributed by atoms with Crippen molar-refractivity contribution in [2.24, 2.45) is 0 Å². The Morgan fingerprint density at radius 3 is 2.42 bits per heavy atom. The summed E-state index contributed by atoms with van der Waals surface area (Å²) in [6.07, 6.45) is 2.15. The summed E-state index contributed by atoms with van der Waals surface area (Å²) in [7, 11) is 0. The van der Waals surface area contributed by atoms with Crippen LogP contribution in [0.1, 0.15) is 31.7 Å². The number of alkyl halides is 1. The molecule has 2 aliphatic rings. The molecule has 100 valence electrons. The first-order valence-electron chi connectivity index (χ1n) is 6.87. The quantitative estimate of drug-likeness (QED) is 0.813. The number of carbonyl (C=O) groups is 1. The van der Waals surface area contributed by atoms with Crippen LogP contribution in [-0.2, 0) is 4.79 Å². The van der Waals surface area contributed by atoms with Crippen molar-refractivity contribution in [3.8, 4) is 0 Å². The van der Waals surface area contributed by atoms with Crippen LogP contribution in [0.25, 0.3) is 5.57 Å². The summed E-state index contributed by atoms with van der Waals surface area (Å²) in [5, 5.41) is 0. The van der Waals surface area contributed by atoms with Gasteiger partial charge in [-0.05, 0) is 25.3 Å². The number of likely N-dealkylation sites (tertiary alicyclic amines) is 1. The van der Waals surface area contributed by atoms with Crippen molar-refractivity contribution in [1.29, 1.82) is 0 Å². The zero-order valence-corrected chi connectivity index (χ0v) is 11.2. The summed E-state index contributed by atoms with van der Waals surface area (Å²) < 4.78 is 14.8. The average Bonchev–Trinajstić information content (AvgIpc) is 2.95. The molecular weight excluding hydrogens is 241 g/mol. The van der Waals surface area contributed by atoms with Gasteiger partial charge in [0.2, 0.25) is 0 Å². The fourth-order valence-corrected chi connectivity index (χ4v) is 3.18. The Bertz CT molecular complexity index is 527. The van der Waals surface area contributed by atoms with E-state index in [2.05, 4.69) is 4.90 Å². The van der Waals surface area contributed by atoms with Gasteiger partial charge in [0.25, 0.3) is 0 Å². The number of hydrogen-bond acceptors (Lipinski definition) is 2. The number of rotatable bonds is 2. The minimum absolute atomic E-state index is 0.0247. The number of allylic oxidation sites excluding steroid dienone is 2. The third-order valence-corrected chi connectivity index (χ3v) is 4.00. The van der Waals surface area contributed by atoms with Gasteiger partial charge in [-0.15, -0.1) is 0 Å². The molecule has 1 aliphatic heterocycles. The van der Waals surface area contributed by atoms with Gasteiger partial charge >= 0.3 is 0 Å². The van der Waals surface area contributed by atoms with Crippen LogP contribution in [-0.4, -0.2) is 29.4 Å². The Balaban J connectivity index is 2.14. The van der Waals surface area contributed by atoms with E-state index in [9.17, 15) is 9.18 Å². The maximum atomic E-state index is 14.8. The minimum Gasteiger partial charge on any atom is -0.368 e. The topological polar surface area (TPSA) is 20.3 Å². The monoisotopic (exact) mass is 259 g/mol. The van der Waals surface area contributed by atoms with E-state index in [1.165, 1.54) is 6.92 Å². The van der Waals surface area contributed by atoms with Gasteiger partial charge < -0.3 is 4.90 Å². The van der Waals surface area contributed by atoms with Crippen molar-refractivity contribution in [2.75, 3.05) is 13.1 Å². The number of nitrogens with zero attached hydrogens (tertiary/aromatic N) is 1. The molecule has 1 aromatic rings. The normalized spacial score (nSPS) is 27.5. The van der Waals surface area contributed by atoms with E-state index in [0.29, 0.717) is 11.3 Å². The van der Waals surface area contributed by atoms with E-state index in [1.54, 1.807) is 0 Å². The van der Waals surface area contributed by atoms with E-state index in [-0.39, 0.29) is 12.2 Å². The van der Waals surface area contributed by atoms with Gasteiger partial charge in [0, 0.05) is 18.7 Å². The molecule has 1 heterocycles. The lowest BCUT2D eigenvalue weighted by Gasteiger charge is -2.22. The van der Waals surface area contributed by atoms with E-state index in [1.807, 2.05) is 30.3 Å². The Morgan fingerprint density at radius 1 is 1.16 bits per heavy atom. The third kappa shape index (κ3) is 2.07. The first kappa shape index (κ1) is 12.4. The number of ketones is 1. The standard InChI is InChI=1S/C16H18FNO/c1-16(17)11-13(19)15(18-9-5-6-10-18)14(16)12-7-3-2-4-8-12/h2-4,7-8H,5-6,9-11H2,1H3. The third-order valence-electron chi connectivity index (χ3n) is 4.00. The van der Waals surface area contributed by atoms with Crippen LogP contribution >= 0.6 is 0 Å². The molecule has 1 aliphatic carbocycles. The molecule has 1 saturated heterocycles. The van der Waals surface area contributed by atoms with Crippen LogP contribution in [0.2, 0.25) is 0 Å². The Labute approximate surface area is 112 Å². The van der Waals surface area contributed by atoms with Crippen molar-refractivity contribution < 1.29 is 9.18 Å². The predicted octanol–water partition coefficient (Wildman–Crippen LogP) is 3.19. The lowest BCUT2D eigenvalue weighted by Crippen LogP contribution is -2.23. The molecule has 0 radical (unpaired) electrons. The molecule has 1 fully saturated rings. The van der Waals surface area contributed by atoms with Gasteiger partial charge in [0.05, 0.1) is 12.1 Å². The Hall–Kier alpha value is -1.64. The van der Waals surface area contributed by atoms with Crippen LogP contribution in [0, 0.1) is 0 Å². The zero-order chi connectivity index (χ0) is 13.5. The van der Waals surface area contributed by atoms with Crippen LogP contribution in [0.5, 0.6) is 0 Å². The predicted molar refractivity (Wildman–Crippen MR) is 73.3 cm³/mol. The molecule has 0 N–H and O–H groups in total. The molecule has 2 nitrogen and oxygen atoms in total. The van der Waals surface area contributed by atoms with E-state index >= 15 is 0 Å². The summed E-state index contributed by atoms with van der Waals surface area (Å²) in [6.45, 7) is 3.26. The van der Waals surface area contributed by atoms with Crippen molar-refractivity contribution >= 4 is 11.4 Å². The van der Waals surface area contributed by atoms with Crippen molar-refractivity contribution in [3.63, 3.8) is 0 Å². The summed E-state index contributed by atoms with van der Waals surface area (Å²) in [4.78, 5) is 14.3. The fraction of sp³-hybridized carbons (Fsp3) is 0.438. The highest BCUT2D eigenvalue weighted by molar-refractivity contribution is 6.09. The minimum atomic E-state index is -1.55. The van der Waals surface area contributed by atoms with Gasteiger partial charge in [-0.3, -0.25) is 4.79 Å². The van der Waals surface area contributed by atoms with Crippen molar-refractivity contribution in [3.05, 3.63) is 41.6 Å². The first-order chi connectivity index (χ1) is 9.09. The lowest BCUT2D eigenvalue weighted by atomic mass is 9.93. The maximum absolute atomic E-state index is 14.8. The molecule has 3 heteroatoms. The molecule has 19 heavy (non-hydrogen) atoms. The van der Waals surface area contributed by atoms with Crippen LogP contribution in [0.4, 0.5) is 4.39 Å². The summed E-state index contributed by atoms with van der Waals surface area (Å²) >= 11 is 0. The smallest absolute Gasteiger partial charge is 0.182 e. The number of halogens is 1. The van der Waals surface area contributed by atoms with Gasteiger partial charge in [-0.25, -0.2) is 4.39 Å². The molecule has 0 aromatic heterocycles. The molecule has 0 spiro atoms. The van der Waals surface area contributed by atoms with E-state index < -0.39 is 5.67 Å². The number of benzene rings is 1. The highest BCUT2D eigenvalue weighted by Gasteiger charge is 2.45. The number of Topliss-reactive ketones (excluding diaryl/α,β-unsaturated/α-hetero) is 1. The SMILES string of the molecule is CC1(F)CC(=O)C(N2CCCC2)=C1c1ccccc1. The highest BCUT2D eigenvalue weighted by Crippen LogP contribution is 2.44. The van der Waals surface area contributed by atoms with E-state index in [4.69, 9.17) is 0 Å².